The lowest BCUT2D eigenvalue weighted by Gasteiger charge is -2.36. The zero-order chi connectivity index (χ0) is 15.0. The maximum Gasteiger partial charge on any atom is 0.237 e. The molecular weight excluding hydrogens is 250 g/mol. The summed E-state index contributed by atoms with van der Waals surface area (Å²) in [4.78, 5) is 14.4. The normalized spacial score (nSPS) is 21.9. The van der Waals surface area contributed by atoms with E-state index in [0.717, 1.165) is 39.1 Å². The molecule has 0 aromatic rings. The first-order valence-electron chi connectivity index (χ1n) is 8.27. The highest BCUT2D eigenvalue weighted by molar-refractivity contribution is 5.81. The summed E-state index contributed by atoms with van der Waals surface area (Å²) in [7, 11) is 0. The SMILES string of the molecule is CCCNC(=O)C(C)N1CCCC(CNCC(C)C)C1. The molecule has 20 heavy (non-hydrogen) atoms. The Morgan fingerprint density at radius 1 is 1.35 bits per heavy atom. The van der Waals surface area contributed by atoms with Crippen LogP contribution >= 0.6 is 0 Å². The molecule has 0 aromatic carbocycles. The molecule has 1 rings (SSSR count). The summed E-state index contributed by atoms with van der Waals surface area (Å²) in [6.45, 7) is 13.7. The monoisotopic (exact) mass is 283 g/mol. The summed E-state index contributed by atoms with van der Waals surface area (Å²) in [6, 6.07) is 0.00875. The smallest absolute Gasteiger partial charge is 0.237 e. The first-order chi connectivity index (χ1) is 9.54. The molecule has 1 amide bonds. The summed E-state index contributed by atoms with van der Waals surface area (Å²) in [5.41, 5.74) is 0. The number of nitrogens with one attached hydrogen (secondary N) is 2. The number of hydrogen-bond acceptors (Lipinski definition) is 3. The molecule has 0 aromatic heterocycles. The number of piperidine rings is 1. The van der Waals surface area contributed by atoms with Gasteiger partial charge in [0.2, 0.25) is 5.91 Å². The third-order valence-electron chi connectivity index (χ3n) is 4.01. The molecule has 2 atom stereocenters. The molecule has 1 heterocycles. The second-order valence-corrected chi connectivity index (χ2v) is 6.52. The zero-order valence-electron chi connectivity index (χ0n) is 13.7. The van der Waals surface area contributed by atoms with Crippen LogP contribution in [0.3, 0.4) is 0 Å². The average molecular weight is 283 g/mol. The third-order valence-corrected chi connectivity index (χ3v) is 4.01. The van der Waals surface area contributed by atoms with Gasteiger partial charge < -0.3 is 10.6 Å². The van der Waals surface area contributed by atoms with E-state index in [1.54, 1.807) is 0 Å². The summed E-state index contributed by atoms with van der Waals surface area (Å²) < 4.78 is 0. The highest BCUT2D eigenvalue weighted by atomic mass is 16.2. The Bertz CT molecular complexity index is 281. The summed E-state index contributed by atoms with van der Waals surface area (Å²) >= 11 is 0. The Morgan fingerprint density at radius 2 is 2.10 bits per heavy atom. The molecular formula is C16H33N3O. The van der Waals surface area contributed by atoms with Crippen LogP contribution in [0.4, 0.5) is 0 Å². The van der Waals surface area contributed by atoms with E-state index < -0.39 is 0 Å². The predicted molar refractivity (Wildman–Crippen MR) is 84.8 cm³/mol. The van der Waals surface area contributed by atoms with Gasteiger partial charge in [-0.2, -0.15) is 0 Å². The fourth-order valence-corrected chi connectivity index (χ4v) is 2.75. The van der Waals surface area contributed by atoms with Crippen LogP contribution in [0.25, 0.3) is 0 Å². The number of carbonyl (C=O) groups excluding carboxylic acids is 1. The molecule has 1 saturated heterocycles. The van der Waals surface area contributed by atoms with Gasteiger partial charge in [0.15, 0.2) is 0 Å². The maximum atomic E-state index is 12.0. The van der Waals surface area contributed by atoms with Crippen molar-refractivity contribution in [2.24, 2.45) is 11.8 Å². The molecule has 1 aliphatic heterocycles. The van der Waals surface area contributed by atoms with Crippen molar-refractivity contribution in [1.29, 1.82) is 0 Å². The van der Waals surface area contributed by atoms with Crippen molar-refractivity contribution in [2.45, 2.75) is 53.0 Å². The van der Waals surface area contributed by atoms with Crippen LogP contribution in [-0.2, 0) is 4.79 Å². The molecule has 2 N–H and O–H groups in total. The number of carbonyl (C=O) groups is 1. The van der Waals surface area contributed by atoms with Gasteiger partial charge in [0.1, 0.15) is 0 Å². The van der Waals surface area contributed by atoms with Gasteiger partial charge in [0.05, 0.1) is 6.04 Å². The van der Waals surface area contributed by atoms with Crippen molar-refractivity contribution in [2.75, 3.05) is 32.7 Å². The summed E-state index contributed by atoms with van der Waals surface area (Å²) in [6.07, 6.45) is 3.49. The van der Waals surface area contributed by atoms with Gasteiger partial charge in [-0.25, -0.2) is 0 Å². The molecule has 4 nitrogen and oxygen atoms in total. The number of nitrogens with zero attached hydrogens (tertiary/aromatic N) is 1. The van der Waals surface area contributed by atoms with Gasteiger partial charge in [-0.15, -0.1) is 0 Å². The number of hydrogen-bond donors (Lipinski definition) is 2. The van der Waals surface area contributed by atoms with Crippen molar-refractivity contribution in [3.8, 4) is 0 Å². The average Bonchev–Trinajstić information content (AvgIpc) is 2.44. The zero-order valence-corrected chi connectivity index (χ0v) is 13.7. The highest BCUT2D eigenvalue weighted by Gasteiger charge is 2.26. The van der Waals surface area contributed by atoms with Crippen LogP contribution in [0.2, 0.25) is 0 Å². The Hall–Kier alpha value is -0.610. The van der Waals surface area contributed by atoms with Gasteiger partial charge in [-0.3, -0.25) is 9.69 Å². The molecule has 0 saturated carbocycles. The van der Waals surface area contributed by atoms with Crippen molar-refractivity contribution in [3.63, 3.8) is 0 Å². The summed E-state index contributed by atoms with van der Waals surface area (Å²) in [5, 5.41) is 6.56. The van der Waals surface area contributed by atoms with Crippen LogP contribution in [0.1, 0.15) is 47.0 Å². The lowest BCUT2D eigenvalue weighted by atomic mass is 9.96. The standard InChI is InChI=1S/C16H33N3O/c1-5-8-18-16(20)14(4)19-9-6-7-15(12-19)11-17-10-13(2)3/h13-15,17H,5-12H2,1-4H3,(H,18,20). The van der Waals surface area contributed by atoms with Crippen molar-refractivity contribution in [3.05, 3.63) is 0 Å². The van der Waals surface area contributed by atoms with Gasteiger partial charge in [-0.05, 0) is 57.7 Å². The topological polar surface area (TPSA) is 44.4 Å². The Kier molecular flexibility index (Phi) is 8.15. The van der Waals surface area contributed by atoms with Gasteiger partial charge in [0.25, 0.3) is 0 Å². The van der Waals surface area contributed by atoms with E-state index in [1.807, 2.05) is 6.92 Å². The van der Waals surface area contributed by atoms with Crippen molar-refractivity contribution < 1.29 is 4.79 Å². The van der Waals surface area contributed by atoms with E-state index in [1.165, 1.54) is 12.8 Å². The van der Waals surface area contributed by atoms with E-state index in [-0.39, 0.29) is 11.9 Å². The quantitative estimate of drug-likeness (QED) is 0.714. The van der Waals surface area contributed by atoms with Gasteiger partial charge in [-0.1, -0.05) is 20.8 Å². The van der Waals surface area contributed by atoms with Crippen molar-refractivity contribution in [1.82, 2.24) is 15.5 Å². The molecule has 1 aliphatic rings. The molecule has 0 aliphatic carbocycles. The minimum absolute atomic E-state index is 0.00875. The molecule has 118 valence electrons. The first-order valence-corrected chi connectivity index (χ1v) is 8.27. The van der Waals surface area contributed by atoms with Gasteiger partial charge in [0, 0.05) is 13.1 Å². The lowest BCUT2D eigenvalue weighted by Crippen LogP contribution is -2.50. The van der Waals surface area contributed by atoms with E-state index in [2.05, 4.69) is 36.3 Å². The van der Waals surface area contributed by atoms with E-state index in [9.17, 15) is 4.79 Å². The first kappa shape index (κ1) is 17.4. The minimum atomic E-state index is 0.00875. The molecule has 1 fully saturated rings. The van der Waals surface area contributed by atoms with Crippen molar-refractivity contribution >= 4 is 5.91 Å². The Morgan fingerprint density at radius 3 is 2.75 bits per heavy atom. The van der Waals surface area contributed by atoms with E-state index in [0.29, 0.717) is 11.8 Å². The number of rotatable bonds is 8. The second kappa shape index (κ2) is 9.35. The highest BCUT2D eigenvalue weighted by Crippen LogP contribution is 2.18. The van der Waals surface area contributed by atoms with E-state index >= 15 is 0 Å². The second-order valence-electron chi connectivity index (χ2n) is 6.52. The maximum absolute atomic E-state index is 12.0. The molecule has 0 spiro atoms. The third kappa shape index (κ3) is 6.23. The largest absolute Gasteiger partial charge is 0.355 e. The number of amides is 1. The van der Waals surface area contributed by atoms with Crippen LogP contribution in [0.15, 0.2) is 0 Å². The molecule has 4 heteroatoms. The fourth-order valence-electron chi connectivity index (χ4n) is 2.75. The minimum Gasteiger partial charge on any atom is -0.355 e. The molecule has 0 radical (unpaired) electrons. The van der Waals surface area contributed by atoms with Gasteiger partial charge >= 0.3 is 0 Å². The Labute approximate surface area is 124 Å². The number of likely N-dealkylation sites (tertiary alicyclic amines) is 1. The van der Waals surface area contributed by atoms with Crippen LogP contribution in [-0.4, -0.2) is 49.6 Å². The van der Waals surface area contributed by atoms with E-state index in [4.69, 9.17) is 0 Å². The summed E-state index contributed by atoms with van der Waals surface area (Å²) in [5.74, 6) is 1.57. The van der Waals surface area contributed by atoms with Crippen LogP contribution in [0, 0.1) is 11.8 Å². The predicted octanol–water partition coefficient (Wildman–Crippen LogP) is 1.86. The lowest BCUT2D eigenvalue weighted by molar-refractivity contribution is -0.126. The van der Waals surface area contributed by atoms with Crippen LogP contribution < -0.4 is 10.6 Å². The fraction of sp³-hybridized carbons (Fsp3) is 0.938. The van der Waals surface area contributed by atoms with Crippen LogP contribution in [0.5, 0.6) is 0 Å². The Balaban J connectivity index is 2.33. The molecule has 2 unspecified atom stereocenters. The molecule has 0 bridgehead atoms.